The molecular weight excluding hydrogens is 441 g/mol. The molecule has 2 rings (SSSR count). The first-order valence-electron chi connectivity index (χ1n) is 8.58. The van der Waals surface area contributed by atoms with E-state index in [1.54, 1.807) is 18.6 Å². The summed E-state index contributed by atoms with van der Waals surface area (Å²) in [6, 6.07) is 0.124. The van der Waals surface area contributed by atoms with Crippen LogP contribution in [0.2, 0.25) is 0 Å². The molecule has 0 fully saturated rings. The minimum atomic E-state index is -3.64. The molecule has 0 radical (unpaired) electrons. The van der Waals surface area contributed by atoms with Crippen molar-refractivity contribution in [2.45, 2.75) is 39.3 Å². The summed E-state index contributed by atoms with van der Waals surface area (Å²) in [5.41, 5.74) is 6.87. The Bertz CT molecular complexity index is 817. The minimum absolute atomic E-state index is 0.0290. The van der Waals surface area contributed by atoms with E-state index < -0.39 is 7.60 Å². The van der Waals surface area contributed by atoms with Gasteiger partial charge in [0.2, 0.25) is 0 Å². The first kappa shape index (κ1) is 22.0. The van der Waals surface area contributed by atoms with Crippen molar-refractivity contribution in [2.24, 2.45) is 0 Å². The van der Waals surface area contributed by atoms with Gasteiger partial charge < -0.3 is 29.2 Å². The van der Waals surface area contributed by atoms with Crippen LogP contribution in [-0.4, -0.2) is 57.0 Å². The van der Waals surface area contributed by atoms with E-state index in [1.165, 1.54) is 0 Å². The number of aromatic nitrogens is 4. The number of hydrogen-bond donors (Lipinski definition) is 2. The molecule has 2 unspecified atom stereocenters. The molecule has 0 amide bonds. The van der Waals surface area contributed by atoms with Gasteiger partial charge in [-0.25, -0.2) is 4.98 Å². The summed E-state index contributed by atoms with van der Waals surface area (Å²) in [7, 11) is -2.07. The third-order valence-electron chi connectivity index (χ3n) is 3.82. The van der Waals surface area contributed by atoms with Gasteiger partial charge in [-0.15, -0.1) is 0 Å². The number of ether oxygens (including phenoxy) is 2. The minimum Gasteiger partial charge on any atom is -0.461 e. The normalized spacial score (nSPS) is 15.0. The summed E-state index contributed by atoms with van der Waals surface area (Å²) in [5.74, 6) is 0.194. The lowest BCUT2D eigenvalue weighted by atomic mass is 10.3. The fourth-order valence-corrected chi connectivity index (χ4v) is 4.17. The number of nitrogens with zero attached hydrogens (tertiary/aromatic N) is 4. The van der Waals surface area contributed by atoms with E-state index in [0.29, 0.717) is 41.9 Å². The standard InChI is InChI=1S/C15H25BrN5O5P/c1-4-10(2)26-27(22,23)9-5-6-21-13-11(18-14(21)16)12(17)19-15(20-13)25-8-7-24-3/h10H,4-9H2,1-3H3,(H,22,23)(H2,17,19,20). The summed E-state index contributed by atoms with van der Waals surface area (Å²) >= 11 is 3.37. The largest absolute Gasteiger partial charge is 0.461 e. The van der Waals surface area contributed by atoms with Crippen molar-refractivity contribution in [3.63, 3.8) is 0 Å². The predicted octanol–water partition coefficient (Wildman–Crippen LogP) is 2.59. The van der Waals surface area contributed by atoms with Gasteiger partial charge in [-0.2, -0.15) is 9.97 Å². The average Bonchev–Trinajstić information content (AvgIpc) is 2.91. The molecule has 27 heavy (non-hydrogen) atoms. The Labute approximate surface area is 166 Å². The Morgan fingerprint density at radius 2 is 2.07 bits per heavy atom. The summed E-state index contributed by atoms with van der Waals surface area (Å²) in [4.78, 5) is 22.7. The number of fused-ring (bicyclic) bond motifs is 1. The molecular formula is C15H25BrN5O5P. The van der Waals surface area contributed by atoms with Gasteiger partial charge in [0.15, 0.2) is 21.7 Å². The van der Waals surface area contributed by atoms with Crippen LogP contribution in [0.25, 0.3) is 11.2 Å². The Balaban J connectivity index is 2.13. The van der Waals surface area contributed by atoms with Crippen LogP contribution < -0.4 is 10.5 Å². The fourth-order valence-electron chi connectivity index (χ4n) is 2.29. The maximum absolute atomic E-state index is 12.1. The molecule has 12 heteroatoms. The number of rotatable bonds is 11. The number of imidazole rings is 1. The van der Waals surface area contributed by atoms with E-state index in [-0.39, 0.29) is 30.7 Å². The second-order valence-corrected chi connectivity index (χ2v) is 8.62. The highest BCUT2D eigenvalue weighted by Gasteiger charge is 2.22. The van der Waals surface area contributed by atoms with Crippen LogP contribution >= 0.6 is 23.5 Å². The summed E-state index contributed by atoms with van der Waals surface area (Å²) in [6.07, 6.45) is 0.838. The molecule has 2 atom stereocenters. The molecule has 3 N–H and O–H groups in total. The van der Waals surface area contributed by atoms with Gasteiger partial charge in [-0.1, -0.05) is 6.92 Å². The van der Waals surface area contributed by atoms with Crippen molar-refractivity contribution >= 4 is 40.5 Å². The van der Waals surface area contributed by atoms with Gasteiger partial charge in [-0.05, 0) is 35.7 Å². The van der Waals surface area contributed by atoms with E-state index in [4.69, 9.17) is 19.7 Å². The molecule has 2 heterocycles. The second-order valence-electron chi connectivity index (χ2n) is 5.98. The molecule has 0 spiro atoms. The zero-order valence-electron chi connectivity index (χ0n) is 15.6. The maximum atomic E-state index is 12.1. The van der Waals surface area contributed by atoms with Crippen molar-refractivity contribution in [2.75, 3.05) is 32.2 Å². The summed E-state index contributed by atoms with van der Waals surface area (Å²) < 4.78 is 30.0. The molecule has 2 aromatic rings. The van der Waals surface area contributed by atoms with Gasteiger partial charge in [0, 0.05) is 13.7 Å². The number of nitrogens with two attached hydrogens (primary N) is 1. The van der Waals surface area contributed by atoms with Gasteiger partial charge >= 0.3 is 13.6 Å². The second kappa shape index (κ2) is 9.79. The van der Waals surface area contributed by atoms with Crippen LogP contribution in [0.5, 0.6) is 6.01 Å². The van der Waals surface area contributed by atoms with Crippen molar-refractivity contribution in [1.29, 1.82) is 0 Å². The first-order chi connectivity index (χ1) is 12.8. The topological polar surface area (TPSA) is 135 Å². The van der Waals surface area contributed by atoms with Gasteiger partial charge in [0.05, 0.1) is 18.9 Å². The number of hydrogen-bond acceptors (Lipinski definition) is 8. The van der Waals surface area contributed by atoms with Crippen LogP contribution in [-0.2, 0) is 20.4 Å². The van der Waals surface area contributed by atoms with Crippen LogP contribution in [0.3, 0.4) is 0 Å². The van der Waals surface area contributed by atoms with Crippen molar-refractivity contribution in [3.05, 3.63) is 4.73 Å². The quantitative estimate of drug-likeness (QED) is 0.291. The van der Waals surface area contributed by atoms with E-state index >= 15 is 0 Å². The zero-order valence-corrected chi connectivity index (χ0v) is 18.1. The van der Waals surface area contributed by atoms with Crippen molar-refractivity contribution < 1.29 is 23.5 Å². The predicted molar refractivity (Wildman–Crippen MR) is 105 cm³/mol. The van der Waals surface area contributed by atoms with Gasteiger partial charge in [0.1, 0.15) is 6.61 Å². The van der Waals surface area contributed by atoms with Crippen LogP contribution in [0.1, 0.15) is 26.7 Å². The lowest BCUT2D eigenvalue weighted by molar-refractivity contribution is 0.141. The van der Waals surface area contributed by atoms with Gasteiger partial charge in [0.25, 0.3) is 0 Å². The smallest absolute Gasteiger partial charge is 0.328 e. The Morgan fingerprint density at radius 3 is 2.74 bits per heavy atom. The number of aryl methyl sites for hydroxylation is 1. The number of anilines is 1. The molecule has 0 aliphatic carbocycles. The molecule has 10 nitrogen and oxygen atoms in total. The molecule has 152 valence electrons. The monoisotopic (exact) mass is 465 g/mol. The molecule has 0 aliphatic heterocycles. The Kier molecular flexibility index (Phi) is 7.99. The van der Waals surface area contributed by atoms with E-state index in [0.717, 1.165) is 0 Å². The van der Waals surface area contributed by atoms with Crippen LogP contribution in [0, 0.1) is 0 Å². The molecule has 0 saturated heterocycles. The number of halogens is 1. The van der Waals surface area contributed by atoms with E-state index in [9.17, 15) is 9.46 Å². The third kappa shape index (κ3) is 6.11. The fraction of sp³-hybridized carbons (Fsp3) is 0.667. The lowest BCUT2D eigenvalue weighted by Crippen LogP contribution is -2.10. The lowest BCUT2D eigenvalue weighted by Gasteiger charge is -2.16. The van der Waals surface area contributed by atoms with Crippen molar-refractivity contribution in [3.8, 4) is 6.01 Å². The highest BCUT2D eigenvalue weighted by Crippen LogP contribution is 2.44. The summed E-state index contributed by atoms with van der Waals surface area (Å²) in [6.45, 7) is 4.76. The van der Waals surface area contributed by atoms with E-state index in [1.807, 2.05) is 6.92 Å². The molecule has 2 aromatic heterocycles. The Hall–Kier alpha value is -1.26. The highest BCUT2D eigenvalue weighted by molar-refractivity contribution is 9.10. The molecule has 0 aliphatic rings. The van der Waals surface area contributed by atoms with E-state index in [2.05, 4.69) is 30.9 Å². The highest BCUT2D eigenvalue weighted by atomic mass is 79.9. The SMILES string of the molecule is CCC(C)OP(=O)(O)CCCn1c(Br)nc2c(N)nc(OCCOC)nc21. The molecule has 0 aromatic carbocycles. The number of nitrogen functional groups attached to an aromatic ring is 1. The van der Waals surface area contributed by atoms with Crippen LogP contribution in [0.4, 0.5) is 5.82 Å². The maximum Gasteiger partial charge on any atom is 0.328 e. The van der Waals surface area contributed by atoms with Gasteiger partial charge in [-0.3, -0.25) is 4.57 Å². The van der Waals surface area contributed by atoms with Crippen molar-refractivity contribution in [1.82, 2.24) is 19.5 Å². The Morgan fingerprint density at radius 1 is 1.33 bits per heavy atom. The molecule has 0 bridgehead atoms. The summed E-state index contributed by atoms with van der Waals surface area (Å²) in [5, 5.41) is 0. The number of methoxy groups -OCH3 is 1. The van der Waals surface area contributed by atoms with Crippen LogP contribution in [0.15, 0.2) is 4.73 Å². The first-order valence-corrected chi connectivity index (χ1v) is 11.1. The zero-order chi connectivity index (χ0) is 20.0. The average molecular weight is 466 g/mol. The third-order valence-corrected chi connectivity index (χ3v) is 5.99. The molecule has 0 saturated carbocycles.